The van der Waals surface area contributed by atoms with Crippen molar-refractivity contribution in [1.29, 1.82) is 0 Å². The maximum absolute atomic E-state index is 13.9. The van der Waals surface area contributed by atoms with Crippen LogP contribution in [-0.4, -0.2) is 42.0 Å². The molecule has 0 spiro atoms. The molecule has 0 aliphatic carbocycles. The number of hydrogen-bond acceptors (Lipinski definition) is 4. The quantitative estimate of drug-likeness (QED) is 0.276. The number of para-hydroxylation sites is 1. The second-order valence-corrected chi connectivity index (χ2v) is 10.3. The Balaban J connectivity index is 2.06. The minimum Gasteiger partial charge on any atom is -0.369 e. The number of benzene rings is 2. The van der Waals surface area contributed by atoms with Gasteiger partial charge in [0.2, 0.25) is 18.0 Å². The first-order chi connectivity index (χ1) is 20.3. The predicted molar refractivity (Wildman–Crippen MR) is 140 cm³/mol. The van der Waals surface area contributed by atoms with Gasteiger partial charge in [-0.25, -0.2) is 4.99 Å². The largest absolute Gasteiger partial charge is 0.418 e. The molecule has 2 aromatic rings. The summed E-state index contributed by atoms with van der Waals surface area (Å²) >= 11 is 0. The van der Waals surface area contributed by atoms with Gasteiger partial charge in [-0.15, -0.1) is 0 Å². The SMILES string of the molecule is Cc1cccc(C2=N[C@H](NC(=O)[C@@H](CCCC(F)(F)F)[C@@H](CCC(F)(F)F)C(N)=O)C(=O)Nc3c2cccc3C(F)(F)F)c1. The third kappa shape index (κ3) is 9.19. The van der Waals surface area contributed by atoms with Crippen LogP contribution in [0.2, 0.25) is 0 Å². The van der Waals surface area contributed by atoms with Crippen molar-refractivity contribution >= 4 is 29.1 Å². The number of nitrogens with two attached hydrogens (primary N) is 1. The number of benzodiazepines with no additional fused rings is 1. The number of hydrogen-bond donors (Lipinski definition) is 3. The molecule has 0 saturated heterocycles. The summed E-state index contributed by atoms with van der Waals surface area (Å²) < 4.78 is 119. The smallest absolute Gasteiger partial charge is 0.369 e. The number of amides is 3. The fraction of sp³-hybridized carbons (Fsp3) is 0.429. The zero-order valence-corrected chi connectivity index (χ0v) is 23.0. The molecule has 0 bridgehead atoms. The van der Waals surface area contributed by atoms with Crippen LogP contribution in [0.15, 0.2) is 47.5 Å². The third-order valence-corrected chi connectivity index (χ3v) is 6.85. The molecule has 1 aliphatic rings. The average molecular weight is 639 g/mol. The van der Waals surface area contributed by atoms with Crippen molar-refractivity contribution in [2.75, 3.05) is 5.32 Å². The van der Waals surface area contributed by atoms with Gasteiger partial charge >= 0.3 is 18.5 Å². The van der Waals surface area contributed by atoms with Crippen LogP contribution in [0.1, 0.15) is 54.4 Å². The van der Waals surface area contributed by atoms with Gasteiger partial charge < -0.3 is 16.4 Å². The van der Waals surface area contributed by atoms with Gasteiger partial charge in [0, 0.05) is 35.8 Å². The van der Waals surface area contributed by atoms with Crippen molar-refractivity contribution in [2.24, 2.45) is 22.6 Å². The molecule has 16 heteroatoms. The number of halogens is 9. The molecule has 3 rings (SSSR count). The van der Waals surface area contributed by atoms with E-state index in [4.69, 9.17) is 5.73 Å². The molecule has 44 heavy (non-hydrogen) atoms. The zero-order chi connectivity index (χ0) is 33.0. The Morgan fingerprint density at radius 3 is 2.14 bits per heavy atom. The number of alkyl halides is 9. The lowest BCUT2D eigenvalue weighted by Gasteiger charge is -2.26. The fourth-order valence-corrected chi connectivity index (χ4v) is 4.83. The Kier molecular flexibility index (Phi) is 10.4. The second kappa shape index (κ2) is 13.3. The summed E-state index contributed by atoms with van der Waals surface area (Å²) in [6.07, 6.45) is -22.0. The summed E-state index contributed by atoms with van der Waals surface area (Å²) in [5.74, 6) is -7.73. The van der Waals surface area contributed by atoms with E-state index in [9.17, 15) is 53.9 Å². The van der Waals surface area contributed by atoms with Gasteiger partial charge in [0.15, 0.2) is 0 Å². The number of anilines is 1. The van der Waals surface area contributed by atoms with E-state index in [1.165, 1.54) is 18.2 Å². The molecule has 0 unspecified atom stereocenters. The highest BCUT2D eigenvalue weighted by Gasteiger charge is 2.41. The van der Waals surface area contributed by atoms with E-state index in [2.05, 4.69) is 15.6 Å². The number of carbonyl (C=O) groups excluding carboxylic acids is 3. The maximum Gasteiger partial charge on any atom is 0.418 e. The summed E-state index contributed by atoms with van der Waals surface area (Å²) in [6.45, 7) is 1.67. The first kappa shape index (κ1) is 34.4. The number of rotatable bonds is 10. The van der Waals surface area contributed by atoms with Crippen LogP contribution < -0.4 is 16.4 Å². The van der Waals surface area contributed by atoms with Crippen molar-refractivity contribution in [1.82, 2.24) is 5.32 Å². The Bertz CT molecular complexity index is 1420. The van der Waals surface area contributed by atoms with Crippen LogP contribution in [-0.2, 0) is 20.6 Å². The molecule has 240 valence electrons. The maximum atomic E-state index is 13.9. The highest BCUT2D eigenvalue weighted by molar-refractivity contribution is 6.20. The summed E-state index contributed by atoms with van der Waals surface area (Å²) in [4.78, 5) is 42.9. The van der Waals surface area contributed by atoms with Crippen LogP contribution in [0.25, 0.3) is 0 Å². The topological polar surface area (TPSA) is 114 Å². The predicted octanol–water partition coefficient (Wildman–Crippen LogP) is 6.04. The fourth-order valence-electron chi connectivity index (χ4n) is 4.83. The number of fused-ring (bicyclic) bond motifs is 1. The van der Waals surface area contributed by atoms with Crippen LogP contribution in [0.3, 0.4) is 0 Å². The number of aryl methyl sites for hydroxylation is 1. The summed E-state index contributed by atoms with van der Waals surface area (Å²) in [5, 5.41) is 4.20. The molecule has 0 fully saturated rings. The highest BCUT2D eigenvalue weighted by Crippen LogP contribution is 2.39. The van der Waals surface area contributed by atoms with Gasteiger partial charge in [-0.3, -0.25) is 14.4 Å². The van der Waals surface area contributed by atoms with E-state index >= 15 is 0 Å². The zero-order valence-electron chi connectivity index (χ0n) is 23.0. The molecule has 0 saturated carbocycles. The van der Waals surface area contributed by atoms with Crippen LogP contribution in [0.4, 0.5) is 45.2 Å². The van der Waals surface area contributed by atoms with E-state index in [0.717, 1.165) is 6.07 Å². The second-order valence-electron chi connectivity index (χ2n) is 10.3. The third-order valence-electron chi connectivity index (χ3n) is 6.85. The van der Waals surface area contributed by atoms with Crippen molar-refractivity contribution in [3.63, 3.8) is 0 Å². The standard InChI is InChI=1S/C28H27F9N4O3/c1-14-5-2-6-15(13-14)20-18-7-3-9-19(28(35,36)37)21(18)40-25(44)23(39-20)41-24(43)17(8-4-11-26(29,30)31)16(22(38)42)10-12-27(32,33)34/h2-3,5-7,9,13,16-17,23H,4,8,10-12H2,1H3,(H2,38,42)(H,40,44)(H,41,43)/t16-,17+,23-/m1/s1. The molecule has 2 aromatic carbocycles. The number of primary amides is 1. The van der Waals surface area contributed by atoms with E-state index in [-0.39, 0.29) is 16.8 Å². The lowest BCUT2D eigenvalue weighted by atomic mass is 9.83. The molecular weight excluding hydrogens is 611 g/mol. The number of carbonyl (C=O) groups is 3. The minimum atomic E-state index is -4.93. The average Bonchev–Trinajstić information content (AvgIpc) is 3.01. The van der Waals surface area contributed by atoms with Crippen LogP contribution in [0.5, 0.6) is 0 Å². The Morgan fingerprint density at radius 2 is 1.57 bits per heavy atom. The van der Waals surface area contributed by atoms with Crippen molar-refractivity contribution < 1.29 is 53.9 Å². The molecular formula is C28H27F9N4O3. The molecule has 0 aromatic heterocycles. The number of nitrogens with one attached hydrogen (secondary N) is 2. The molecule has 4 N–H and O–H groups in total. The Morgan fingerprint density at radius 1 is 0.932 bits per heavy atom. The van der Waals surface area contributed by atoms with Gasteiger partial charge in [0.25, 0.3) is 5.91 Å². The first-order valence-corrected chi connectivity index (χ1v) is 13.2. The molecule has 3 atom stereocenters. The lowest BCUT2D eigenvalue weighted by molar-refractivity contribution is -0.147. The number of aliphatic imine (C=N–C) groups is 1. The van der Waals surface area contributed by atoms with E-state index < -0.39 is 97.6 Å². The van der Waals surface area contributed by atoms with Crippen LogP contribution >= 0.6 is 0 Å². The van der Waals surface area contributed by atoms with Crippen molar-refractivity contribution in [3.05, 3.63) is 64.7 Å². The van der Waals surface area contributed by atoms with Crippen LogP contribution in [0, 0.1) is 18.8 Å². The van der Waals surface area contributed by atoms with Gasteiger partial charge in [-0.05, 0) is 38.3 Å². The lowest BCUT2D eigenvalue weighted by Crippen LogP contribution is -2.48. The van der Waals surface area contributed by atoms with Gasteiger partial charge in [0.1, 0.15) is 0 Å². The van der Waals surface area contributed by atoms with Crippen molar-refractivity contribution in [3.8, 4) is 0 Å². The normalized spacial score (nSPS) is 17.1. The number of nitrogens with zero attached hydrogens (tertiary/aromatic N) is 1. The van der Waals surface area contributed by atoms with Gasteiger partial charge in [0.05, 0.1) is 17.0 Å². The van der Waals surface area contributed by atoms with Gasteiger partial charge in [-0.2, -0.15) is 39.5 Å². The molecule has 3 amide bonds. The minimum absolute atomic E-state index is 0.169. The molecule has 7 nitrogen and oxygen atoms in total. The Hall–Kier alpha value is -4.11. The molecule has 1 heterocycles. The van der Waals surface area contributed by atoms with E-state index in [1.54, 1.807) is 19.1 Å². The summed E-state index contributed by atoms with van der Waals surface area (Å²) in [5.41, 5.74) is 3.89. The van der Waals surface area contributed by atoms with Crippen molar-refractivity contribution in [2.45, 2.75) is 63.7 Å². The highest BCUT2D eigenvalue weighted by atomic mass is 19.4. The molecule has 1 aliphatic heterocycles. The van der Waals surface area contributed by atoms with Gasteiger partial charge in [-0.1, -0.05) is 35.9 Å². The first-order valence-electron chi connectivity index (χ1n) is 13.2. The molecule has 0 radical (unpaired) electrons. The monoisotopic (exact) mass is 638 g/mol. The summed E-state index contributed by atoms with van der Waals surface area (Å²) in [6, 6.07) is 9.28. The van der Waals surface area contributed by atoms with E-state index in [1.807, 2.05) is 0 Å². The van der Waals surface area contributed by atoms with E-state index in [0.29, 0.717) is 11.6 Å². The summed E-state index contributed by atoms with van der Waals surface area (Å²) in [7, 11) is 0. The Labute approximate surface area is 245 Å².